The molecular weight excluding hydrogens is 276 g/mol. The lowest BCUT2D eigenvalue weighted by Gasteiger charge is -2.43. The third kappa shape index (κ3) is 3.40. The van der Waals surface area contributed by atoms with Crippen molar-refractivity contribution in [2.45, 2.75) is 25.0 Å². The molecule has 0 radical (unpaired) electrons. The van der Waals surface area contributed by atoms with E-state index in [2.05, 4.69) is 10.3 Å². The Kier molecular flexibility index (Phi) is 4.29. The summed E-state index contributed by atoms with van der Waals surface area (Å²) in [5.74, 6) is -0.120. The number of aromatic amines is 1. The van der Waals surface area contributed by atoms with E-state index in [9.17, 15) is 19.5 Å². The number of nitrogens with one attached hydrogen (secondary N) is 2. The molecule has 1 amide bonds. The molecule has 1 saturated heterocycles. The molecule has 1 aromatic rings. The number of H-pyrrole nitrogens is 1. The highest BCUT2D eigenvalue weighted by atomic mass is 16.3. The van der Waals surface area contributed by atoms with Gasteiger partial charge < -0.3 is 10.4 Å². The number of hydrogen-bond acceptors (Lipinski definition) is 5. The zero-order valence-electron chi connectivity index (χ0n) is 12.1. The van der Waals surface area contributed by atoms with Gasteiger partial charge in [0, 0.05) is 32.4 Å². The van der Waals surface area contributed by atoms with E-state index in [-0.39, 0.29) is 19.0 Å². The summed E-state index contributed by atoms with van der Waals surface area (Å²) in [6.07, 6.45) is 1.91. The van der Waals surface area contributed by atoms with Gasteiger partial charge in [0.05, 0.1) is 18.2 Å². The molecule has 0 spiro atoms. The van der Waals surface area contributed by atoms with E-state index in [1.165, 1.54) is 16.8 Å². The Labute approximate surface area is 121 Å². The van der Waals surface area contributed by atoms with Gasteiger partial charge in [-0.15, -0.1) is 0 Å². The summed E-state index contributed by atoms with van der Waals surface area (Å²) in [5, 5.41) is 13.2. The molecule has 1 aromatic heterocycles. The van der Waals surface area contributed by atoms with Crippen LogP contribution in [0.4, 0.5) is 0 Å². The second-order valence-corrected chi connectivity index (χ2v) is 5.56. The molecule has 8 nitrogen and oxygen atoms in total. The van der Waals surface area contributed by atoms with Gasteiger partial charge in [-0.3, -0.25) is 24.0 Å². The summed E-state index contributed by atoms with van der Waals surface area (Å²) >= 11 is 0. The van der Waals surface area contributed by atoms with Crippen LogP contribution in [0.15, 0.2) is 21.9 Å². The molecule has 2 heterocycles. The minimum Gasteiger partial charge on any atom is -0.387 e. The van der Waals surface area contributed by atoms with Crippen LogP contribution in [-0.4, -0.2) is 57.7 Å². The fourth-order valence-electron chi connectivity index (χ4n) is 2.78. The Balaban J connectivity index is 2.19. The summed E-state index contributed by atoms with van der Waals surface area (Å²) in [6.45, 7) is 2.70. The maximum absolute atomic E-state index is 11.9. The third-order valence-corrected chi connectivity index (χ3v) is 3.81. The molecule has 1 aliphatic rings. The number of likely N-dealkylation sites (tertiary alicyclic amines) is 1. The predicted molar refractivity (Wildman–Crippen MR) is 76.1 cm³/mol. The van der Waals surface area contributed by atoms with E-state index in [1.54, 1.807) is 14.0 Å². The van der Waals surface area contributed by atoms with Gasteiger partial charge in [0.2, 0.25) is 5.91 Å². The molecule has 0 aromatic carbocycles. The first-order chi connectivity index (χ1) is 9.83. The van der Waals surface area contributed by atoms with E-state index >= 15 is 0 Å². The molecule has 1 aliphatic heterocycles. The third-order valence-electron chi connectivity index (χ3n) is 3.81. The highest BCUT2D eigenvalue weighted by molar-refractivity contribution is 5.77. The first-order valence-electron chi connectivity index (χ1n) is 6.80. The predicted octanol–water partition coefficient (Wildman–Crippen LogP) is -1.72. The number of aliphatic hydroxyl groups is 1. The number of nitrogens with zero attached hydrogens (tertiary/aromatic N) is 2. The lowest BCUT2D eigenvalue weighted by Crippen LogP contribution is -2.56. The quantitative estimate of drug-likeness (QED) is 0.615. The molecule has 2 rings (SSSR count). The summed E-state index contributed by atoms with van der Waals surface area (Å²) in [4.78, 5) is 38.4. The maximum Gasteiger partial charge on any atom is 0.328 e. The van der Waals surface area contributed by atoms with Gasteiger partial charge in [0.1, 0.15) is 0 Å². The van der Waals surface area contributed by atoms with Crippen molar-refractivity contribution in [1.29, 1.82) is 0 Å². The van der Waals surface area contributed by atoms with Crippen LogP contribution in [-0.2, 0) is 4.79 Å². The van der Waals surface area contributed by atoms with Crippen molar-refractivity contribution < 1.29 is 9.90 Å². The second-order valence-electron chi connectivity index (χ2n) is 5.56. The van der Waals surface area contributed by atoms with Crippen LogP contribution in [0.2, 0.25) is 0 Å². The van der Waals surface area contributed by atoms with E-state index in [0.29, 0.717) is 13.0 Å². The molecule has 1 fully saturated rings. The normalized spacial score (nSPS) is 26.5. The van der Waals surface area contributed by atoms with E-state index in [1.807, 2.05) is 4.90 Å². The molecule has 0 unspecified atom stereocenters. The van der Waals surface area contributed by atoms with Crippen LogP contribution < -0.4 is 16.6 Å². The fraction of sp³-hybridized carbons (Fsp3) is 0.615. The zero-order valence-corrected chi connectivity index (χ0v) is 12.1. The lowest BCUT2D eigenvalue weighted by molar-refractivity contribution is -0.124. The average molecular weight is 296 g/mol. The molecule has 3 N–H and O–H groups in total. The first kappa shape index (κ1) is 15.5. The Morgan fingerprint density at radius 1 is 1.57 bits per heavy atom. The van der Waals surface area contributed by atoms with Crippen LogP contribution >= 0.6 is 0 Å². The minimum atomic E-state index is -1.17. The van der Waals surface area contributed by atoms with Gasteiger partial charge in [-0.05, 0) is 13.3 Å². The van der Waals surface area contributed by atoms with Crippen molar-refractivity contribution in [3.8, 4) is 0 Å². The van der Waals surface area contributed by atoms with Crippen molar-refractivity contribution in [2.24, 2.45) is 0 Å². The molecule has 21 heavy (non-hydrogen) atoms. The largest absolute Gasteiger partial charge is 0.387 e. The molecule has 0 saturated carbocycles. The number of rotatable bonds is 3. The minimum absolute atomic E-state index is 0.120. The number of β-amino-alcohol motifs (C(OH)–C–C–N with tert-alkyl or cyclic N) is 1. The zero-order chi connectivity index (χ0) is 15.6. The number of amides is 1. The number of hydrogen-bond donors (Lipinski definition) is 3. The first-order valence-corrected chi connectivity index (χ1v) is 6.80. The van der Waals surface area contributed by atoms with Crippen LogP contribution in [0.5, 0.6) is 0 Å². The SMILES string of the molecule is CNC(=O)CN1CC[C@@H](n2ccc(=O)[nH]c2=O)[C@](C)(O)C1. The highest BCUT2D eigenvalue weighted by Crippen LogP contribution is 2.30. The van der Waals surface area contributed by atoms with Crippen LogP contribution in [0.3, 0.4) is 0 Å². The smallest absolute Gasteiger partial charge is 0.328 e. The molecule has 8 heteroatoms. The number of piperidine rings is 1. The van der Waals surface area contributed by atoms with Gasteiger partial charge >= 0.3 is 5.69 Å². The molecular formula is C13H20N4O4. The van der Waals surface area contributed by atoms with Crippen LogP contribution in [0, 0.1) is 0 Å². The Morgan fingerprint density at radius 2 is 2.29 bits per heavy atom. The number of likely N-dealkylation sites (N-methyl/N-ethyl adjacent to an activating group) is 1. The van der Waals surface area contributed by atoms with E-state index < -0.39 is 22.9 Å². The lowest BCUT2D eigenvalue weighted by atomic mass is 9.88. The number of aromatic nitrogens is 2. The Morgan fingerprint density at radius 3 is 2.86 bits per heavy atom. The van der Waals surface area contributed by atoms with Crippen molar-refractivity contribution in [3.05, 3.63) is 33.1 Å². The van der Waals surface area contributed by atoms with Crippen LogP contribution in [0.25, 0.3) is 0 Å². The maximum atomic E-state index is 11.9. The average Bonchev–Trinajstić information content (AvgIpc) is 2.39. The van der Waals surface area contributed by atoms with Gasteiger partial charge in [-0.1, -0.05) is 0 Å². The van der Waals surface area contributed by atoms with E-state index in [4.69, 9.17) is 0 Å². The fourth-order valence-corrected chi connectivity index (χ4v) is 2.78. The number of carbonyl (C=O) groups is 1. The number of carbonyl (C=O) groups excluding carboxylic acids is 1. The van der Waals surface area contributed by atoms with Crippen molar-refractivity contribution in [2.75, 3.05) is 26.7 Å². The Bertz CT molecular complexity index is 634. The summed E-state index contributed by atoms with van der Waals surface area (Å²) < 4.78 is 1.35. The molecule has 0 bridgehead atoms. The molecule has 0 aliphatic carbocycles. The monoisotopic (exact) mass is 296 g/mol. The van der Waals surface area contributed by atoms with Gasteiger partial charge in [-0.25, -0.2) is 4.79 Å². The summed E-state index contributed by atoms with van der Waals surface area (Å²) in [6, 6.07) is 0.816. The molecule has 2 atom stereocenters. The highest BCUT2D eigenvalue weighted by Gasteiger charge is 2.39. The van der Waals surface area contributed by atoms with Gasteiger partial charge in [0.15, 0.2) is 0 Å². The van der Waals surface area contributed by atoms with Gasteiger partial charge in [-0.2, -0.15) is 0 Å². The van der Waals surface area contributed by atoms with Gasteiger partial charge in [0.25, 0.3) is 5.56 Å². The topological polar surface area (TPSA) is 107 Å². The van der Waals surface area contributed by atoms with Crippen molar-refractivity contribution >= 4 is 5.91 Å². The van der Waals surface area contributed by atoms with E-state index in [0.717, 1.165) is 0 Å². The van der Waals surface area contributed by atoms with Crippen LogP contribution in [0.1, 0.15) is 19.4 Å². The van der Waals surface area contributed by atoms with Crippen molar-refractivity contribution in [1.82, 2.24) is 19.8 Å². The molecule has 116 valence electrons. The summed E-state index contributed by atoms with van der Waals surface area (Å²) in [7, 11) is 1.56. The van der Waals surface area contributed by atoms with Crippen molar-refractivity contribution in [3.63, 3.8) is 0 Å². The Hall–Kier alpha value is -1.93. The second kappa shape index (κ2) is 5.82. The standard InChI is InChI=1S/C13H20N4O4/c1-13(21)8-16(7-11(19)14-2)5-3-9(13)17-6-4-10(18)15-12(17)20/h4,6,9,21H,3,5,7-8H2,1-2H3,(H,14,19)(H,15,18,20)/t9-,13-/m1/s1. The summed E-state index contributed by atoms with van der Waals surface area (Å²) in [5.41, 5.74) is -2.17.